The zero-order valence-electron chi connectivity index (χ0n) is 25.7. The Bertz CT molecular complexity index is 1650. The van der Waals surface area contributed by atoms with Gasteiger partial charge in [-0.3, -0.25) is 14.9 Å². The van der Waals surface area contributed by atoms with Crippen molar-refractivity contribution in [2.45, 2.75) is 77.3 Å². The second kappa shape index (κ2) is 11.8. The molecule has 0 radical (unpaired) electrons. The number of Topliss-reactive ketones (excluding diaryl/α,β-unsaturated/α-hetero) is 1. The number of hydrogen-bond acceptors (Lipinski definition) is 5. The van der Waals surface area contributed by atoms with Gasteiger partial charge in [0.2, 0.25) is 0 Å². The van der Waals surface area contributed by atoms with E-state index in [2.05, 4.69) is 37.5 Å². The SMILES string of the molecule is Cc1ccc(-n2nc(C(C)(C)C)cc2NC(=O)Nc2cccc(CC3CC4CCC(C3)N4C(=O)C(=O)c3ccco3)c2)cc1. The van der Waals surface area contributed by atoms with Crippen molar-refractivity contribution in [3.63, 3.8) is 0 Å². The van der Waals surface area contributed by atoms with Gasteiger partial charge in [-0.1, -0.05) is 50.6 Å². The summed E-state index contributed by atoms with van der Waals surface area (Å²) in [7, 11) is 0. The molecule has 2 saturated heterocycles. The first kappa shape index (κ1) is 29.4. The van der Waals surface area contributed by atoms with Crippen molar-refractivity contribution >= 4 is 29.2 Å². The molecule has 2 atom stereocenters. The van der Waals surface area contributed by atoms with Crippen molar-refractivity contribution in [1.29, 1.82) is 0 Å². The molecule has 0 saturated carbocycles. The molecule has 4 heterocycles. The van der Waals surface area contributed by atoms with E-state index in [1.807, 2.05) is 55.5 Å². The quantitative estimate of drug-likeness (QED) is 0.179. The molecule has 0 aliphatic carbocycles. The lowest BCUT2D eigenvalue weighted by Crippen LogP contribution is -2.49. The number of nitrogens with one attached hydrogen (secondary N) is 2. The van der Waals surface area contributed by atoms with E-state index in [-0.39, 0.29) is 29.3 Å². The third kappa shape index (κ3) is 6.18. The van der Waals surface area contributed by atoms with Gasteiger partial charge in [-0.15, -0.1) is 0 Å². The van der Waals surface area contributed by atoms with Crippen molar-refractivity contribution in [2.24, 2.45) is 5.92 Å². The Hall–Kier alpha value is -4.66. The van der Waals surface area contributed by atoms with Crippen LogP contribution < -0.4 is 10.6 Å². The molecule has 3 amide bonds. The van der Waals surface area contributed by atoms with Crippen molar-refractivity contribution in [3.05, 3.63) is 95.6 Å². The molecule has 0 spiro atoms. The number of nitrogens with zero attached hydrogens (tertiary/aromatic N) is 3. The van der Waals surface area contributed by atoms with Crippen LogP contribution in [0.1, 0.15) is 73.8 Å². The first-order chi connectivity index (χ1) is 21.0. The number of rotatable bonds is 7. The molecule has 6 rings (SSSR count). The lowest BCUT2D eigenvalue weighted by Gasteiger charge is -2.38. The molecule has 2 aromatic heterocycles. The Morgan fingerprint density at radius 1 is 0.932 bits per heavy atom. The lowest BCUT2D eigenvalue weighted by atomic mass is 9.85. The average Bonchev–Trinajstić information content (AvgIpc) is 3.72. The highest BCUT2D eigenvalue weighted by atomic mass is 16.3. The predicted molar refractivity (Wildman–Crippen MR) is 169 cm³/mol. The van der Waals surface area contributed by atoms with Crippen molar-refractivity contribution < 1.29 is 18.8 Å². The van der Waals surface area contributed by atoms with Crippen LogP contribution in [0, 0.1) is 12.8 Å². The summed E-state index contributed by atoms with van der Waals surface area (Å²) in [4.78, 5) is 40.7. The van der Waals surface area contributed by atoms with Gasteiger partial charge in [-0.05, 0) is 86.9 Å². The zero-order valence-corrected chi connectivity index (χ0v) is 25.7. The predicted octanol–water partition coefficient (Wildman–Crippen LogP) is 6.91. The zero-order chi connectivity index (χ0) is 31.0. The third-order valence-corrected chi connectivity index (χ3v) is 8.71. The van der Waals surface area contributed by atoms with E-state index in [0.29, 0.717) is 17.4 Å². The van der Waals surface area contributed by atoms with Gasteiger partial charge in [0.25, 0.3) is 11.7 Å². The third-order valence-electron chi connectivity index (χ3n) is 8.71. The van der Waals surface area contributed by atoms with Crippen LogP contribution in [0.3, 0.4) is 0 Å². The van der Waals surface area contributed by atoms with E-state index in [0.717, 1.165) is 54.6 Å². The van der Waals surface area contributed by atoms with Gasteiger partial charge >= 0.3 is 6.03 Å². The van der Waals surface area contributed by atoms with Gasteiger partial charge in [0.15, 0.2) is 5.76 Å². The maximum Gasteiger partial charge on any atom is 0.324 e. The number of fused-ring (bicyclic) bond motifs is 2. The minimum Gasteiger partial charge on any atom is -0.461 e. The molecule has 2 unspecified atom stereocenters. The smallest absolute Gasteiger partial charge is 0.324 e. The number of carbonyl (C=O) groups is 3. The number of aryl methyl sites for hydroxylation is 1. The normalized spacial score (nSPS) is 19.5. The van der Waals surface area contributed by atoms with Crippen LogP contribution in [0.2, 0.25) is 0 Å². The largest absolute Gasteiger partial charge is 0.461 e. The number of furan rings is 1. The monoisotopic (exact) mass is 593 g/mol. The lowest BCUT2D eigenvalue weighted by molar-refractivity contribution is -0.131. The second-order valence-electron chi connectivity index (χ2n) is 13.1. The maximum atomic E-state index is 13.2. The molecule has 44 heavy (non-hydrogen) atoms. The van der Waals surface area contributed by atoms with Crippen LogP contribution in [-0.2, 0) is 16.6 Å². The maximum absolute atomic E-state index is 13.2. The number of hydrogen-bond donors (Lipinski definition) is 2. The Labute approximate surface area is 257 Å². The number of piperidine rings is 1. The fourth-order valence-electron chi connectivity index (χ4n) is 6.53. The Morgan fingerprint density at radius 2 is 1.66 bits per heavy atom. The average molecular weight is 594 g/mol. The van der Waals surface area contributed by atoms with E-state index in [1.165, 1.54) is 12.3 Å². The molecule has 2 bridgehead atoms. The summed E-state index contributed by atoms with van der Waals surface area (Å²) in [6.45, 7) is 8.32. The number of carbonyl (C=O) groups excluding carboxylic acids is 3. The fraction of sp³-hybridized carbons (Fsp3) is 0.371. The Kier molecular flexibility index (Phi) is 7.88. The molecule has 2 aromatic carbocycles. The molecule has 2 N–H and O–H groups in total. The first-order valence-corrected chi connectivity index (χ1v) is 15.3. The van der Waals surface area contributed by atoms with Crippen LogP contribution in [0.5, 0.6) is 0 Å². The van der Waals surface area contributed by atoms with Gasteiger partial charge in [0, 0.05) is 29.3 Å². The van der Waals surface area contributed by atoms with Crippen LogP contribution >= 0.6 is 0 Å². The summed E-state index contributed by atoms with van der Waals surface area (Å²) in [5.41, 5.74) is 4.54. The Morgan fingerprint density at radius 3 is 2.32 bits per heavy atom. The molecule has 9 heteroatoms. The summed E-state index contributed by atoms with van der Waals surface area (Å²) >= 11 is 0. The van der Waals surface area contributed by atoms with Gasteiger partial charge in [-0.2, -0.15) is 5.10 Å². The molecule has 4 aromatic rings. The summed E-state index contributed by atoms with van der Waals surface area (Å²) in [5, 5.41) is 10.8. The van der Waals surface area contributed by atoms with Crippen molar-refractivity contribution in [2.75, 3.05) is 10.6 Å². The molecule has 2 aliphatic rings. The van der Waals surface area contributed by atoms with Crippen LogP contribution in [0.15, 0.2) is 77.4 Å². The first-order valence-electron chi connectivity index (χ1n) is 15.3. The van der Waals surface area contributed by atoms with E-state index in [1.54, 1.807) is 15.6 Å². The molecule has 2 fully saturated rings. The number of aromatic nitrogens is 2. The number of anilines is 2. The number of benzene rings is 2. The number of amides is 3. The highest BCUT2D eigenvalue weighted by molar-refractivity contribution is 6.42. The topological polar surface area (TPSA) is 109 Å². The minimum absolute atomic E-state index is 0.0635. The van der Waals surface area contributed by atoms with Crippen LogP contribution in [0.25, 0.3) is 5.69 Å². The number of urea groups is 1. The summed E-state index contributed by atoms with van der Waals surface area (Å²) < 4.78 is 6.95. The van der Waals surface area contributed by atoms with Crippen LogP contribution in [-0.4, -0.2) is 44.5 Å². The highest BCUT2D eigenvalue weighted by Gasteiger charge is 2.45. The van der Waals surface area contributed by atoms with Gasteiger partial charge < -0.3 is 14.6 Å². The number of ketones is 1. The Balaban J connectivity index is 1.10. The van der Waals surface area contributed by atoms with E-state index in [4.69, 9.17) is 9.52 Å². The fourth-order valence-corrected chi connectivity index (χ4v) is 6.53. The highest BCUT2D eigenvalue weighted by Crippen LogP contribution is 2.40. The van der Waals surface area contributed by atoms with E-state index in [9.17, 15) is 14.4 Å². The van der Waals surface area contributed by atoms with Crippen molar-refractivity contribution in [3.8, 4) is 5.69 Å². The van der Waals surface area contributed by atoms with E-state index < -0.39 is 11.7 Å². The van der Waals surface area contributed by atoms with Crippen LogP contribution in [0.4, 0.5) is 16.3 Å². The van der Waals surface area contributed by atoms with E-state index >= 15 is 0 Å². The van der Waals surface area contributed by atoms with Gasteiger partial charge in [-0.25, -0.2) is 9.48 Å². The molecular formula is C35H39N5O4. The molecule has 228 valence electrons. The second-order valence-corrected chi connectivity index (χ2v) is 13.1. The van der Waals surface area contributed by atoms with Crippen molar-refractivity contribution in [1.82, 2.24) is 14.7 Å². The summed E-state index contributed by atoms with van der Waals surface area (Å²) in [6.07, 6.45) is 5.78. The van der Waals surface area contributed by atoms with Gasteiger partial charge in [0.05, 0.1) is 17.6 Å². The van der Waals surface area contributed by atoms with Gasteiger partial charge in [0.1, 0.15) is 5.82 Å². The summed E-state index contributed by atoms with van der Waals surface area (Å²) in [5.74, 6) is 0.0493. The minimum atomic E-state index is -0.570. The summed E-state index contributed by atoms with van der Waals surface area (Å²) in [6, 6.07) is 20.8. The molecular weight excluding hydrogens is 554 g/mol. The standard InChI is InChI=1S/C35H39N5O4/c1-22-10-12-26(13-11-22)40-31(21-30(38-40)35(2,3)4)37-34(43)36-25-8-5-7-23(18-25)17-24-19-27-14-15-28(20-24)39(27)33(42)32(41)29-9-6-16-44-29/h5-13,16,18,21,24,27-28H,14-15,17,19-20H2,1-4H3,(H2,36,37,43). The molecule has 2 aliphatic heterocycles. The molecule has 9 nitrogen and oxygen atoms in total.